The molecule has 10 nitrogen and oxygen atoms in total. The highest BCUT2D eigenvalue weighted by atomic mass is 19.4. The van der Waals surface area contributed by atoms with Gasteiger partial charge in [-0.05, 0) is 42.8 Å². The van der Waals surface area contributed by atoms with E-state index < -0.39 is 23.6 Å². The highest BCUT2D eigenvalue weighted by molar-refractivity contribution is 6.08. The number of carbonyl (C=O) groups is 2. The van der Waals surface area contributed by atoms with E-state index in [2.05, 4.69) is 36.2 Å². The summed E-state index contributed by atoms with van der Waals surface area (Å²) in [7, 11) is 1.68. The molecule has 3 aromatic rings. The molecule has 0 aliphatic carbocycles. The first kappa shape index (κ1) is 25.8. The molecule has 37 heavy (non-hydrogen) atoms. The third kappa shape index (κ3) is 6.70. The van der Waals surface area contributed by atoms with Gasteiger partial charge in [-0.2, -0.15) is 13.2 Å². The molecule has 194 valence electrons. The molecule has 0 radical (unpaired) electrons. The maximum atomic E-state index is 13.6. The summed E-state index contributed by atoms with van der Waals surface area (Å²) in [5, 5.41) is 10.9. The number of halogens is 3. The van der Waals surface area contributed by atoms with Crippen molar-refractivity contribution in [2.24, 2.45) is 0 Å². The minimum Gasteiger partial charge on any atom is -0.379 e. The Morgan fingerprint density at radius 3 is 2.68 bits per heavy atom. The third-order valence-electron chi connectivity index (χ3n) is 5.47. The Labute approximate surface area is 210 Å². The minimum absolute atomic E-state index is 0.0944. The zero-order valence-electron chi connectivity index (χ0n) is 19.7. The van der Waals surface area contributed by atoms with Gasteiger partial charge in [0.2, 0.25) is 5.95 Å². The molecule has 0 saturated carbocycles. The second-order valence-electron chi connectivity index (χ2n) is 8.16. The molecule has 3 heterocycles. The van der Waals surface area contributed by atoms with Crippen molar-refractivity contribution in [3.63, 3.8) is 0 Å². The smallest absolute Gasteiger partial charge is 0.379 e. The number of anilines is 3. The Balaban J connectivity index is 1.54. The van der Waals surface area contributed by atoms with Crippen LogP contribution < -0.4 is 21.3 Å². The van der Waals surface area contributed by atoms with Crippen LogP contribution in [0.4, 0.5) is 30.6 Å². The van der Waals surface area contributed by atoms with Gasteiger partial charge in [0, 0.05) is 37.3 Å². The summed E-state index contributed by atoms with van der Waals surface area (Å²) >= 11 is 0. The molecular formula is C24H24F3N7O3. The molecule has 13 heteroatoms. The predicted octanol–water partition coefficient (Wildman–Crippen LogP) is 3.32. The normalized spacial score (nSPS) is 15.2. The number of hydrogen-bond acceptors (Lipinski definition) is 8. The molecule has 4 N–H and O–H groups in total. The number of nitrogens with one attached hydrogen (secondary N) is 4. The highest BCUT2D eigenvalue weighted by Crippen LogP contribution is 2.32. The topological polar surface area (TPSA) is 130 Å². The molecule has 4 rings (SSSR count). The van der Waals surface area contributed by atoms with Gasteiger partial charge in [-0.15, -0.1) is 0 Å². The minimum atomic E-state index is -4.73. The molecule has 0 bridgehead atoms. The molecule has 1 aliphatic heterocycles. The van der Waals surface area contributed by atoms with Gasteiger partial charge in [0.05, 0.1) is 36.0 Å². The summed E-state index contributed by atoms with van der Waals surface area (Å²) in [6, 6.07) is 7.12. The van der Waals surface area contributed by atoms with Crippen molar-refractivity contribution in [2.45, 2.75) is 25.2 Å². The zero-order chi connectivity index (χ0) is 26.4. The Kier molecular flexibility index (Phi) is 7.82. The van der Waals surface area contributed by atoms with Crippen LogP contribution in [0.3, 0.4) is 0 Å². The molecule has 1 saturated heterocycles. The van der Waals surface area contributed by atoms with Gasteiger partial charge in [0.15, 0.2) is 0 Å². The Morgan fingerprint density at radius 2 is 1.95 bits per heavy atom. The Hall–Kier alpha value is -4.26. The van der Waals surface area contributed by atoms with Crippen LogP contribution in [0, 0.1) is 0 Å². The fourth-order valence-corrected chi connectivity index (χ4v) is 3.63. The van der Waals surface area contributed by atoms with E-state index >= 15 is 0 Å². The SMILES string of the molecule is CNc1nccc(CNc2ncccc2C(=O)Nc2cc(C(=O)NC3CCOC3)cc(C(F)(F)F)c2)n1. The largest absolute Gasteiger partial charge is 0.416 e. The first-order valence-electron chi connectivity index (χ1n) is 11.3. The van der Waals surface area contributed by atoms with Gasteiger partial charge in [-0.3, -0.25) is 9.59 Å². The van der Waals surface area contributed by atoms with E-state index in [4.69, 9.17) is 4.74 Å². The lowest BCUT2D eigenvalue weighted by Gasteiger charge is -2.16. The van der Waals surface area contributed by atoms with Crippen molar-refractivity contribution in [2.75, 3.05) is 36.2 Å². The predicted molar refractivity (Wildman–Crippen MR) is 129 cm³/mol. The van der Waals surface area contributed by atoms with Gasteiger partial charge in [0.1, 0.15) is 5.82 Å². The Bertz CT molecular complexity index is 1280. The number of carbonyl (C=O) groups excluding carboxylic acids is 2. The summed E-state index contributed by atoms with van der Waals surface area (Å²) in [6.45, 7) is 0.966. The molecule has 1 atom stereocenters. The molecule has 1 aromatic carbocycles. The van der Waals surface area contributed by atoms with Gasteiger partial charge >= 0.3 is 6.18 Å². The molecule has 2 aromatic heterocycles. The number of nitrogens with zero attached hydrogens (tertiary/aromatic N) is 3. The van der Waals surface area contributed by atoms with Crippen molar-refractivity contribution in [1.29, 1.82) is 0 Å². The molecule has 0 spiro atoms. The standard InChI is InChI=1S/C24H24F3N7O3/c1-28-23-30-7-4-16(34-23)12-31-20-19(3-2-6-29-20)22(36)33-18-10-14(9-15(11-18)24(25,26)27)21(35)32-17-5-8-37-13-17/h2-4,6-7,9-11,17H,5,8,12-13H2,1H3,(H,29,31)(H,32,35)(H,33,36)(H,28,30,34). The van der Waals surface area contributed by atoms with Crippen molar-refractivity contribution >= 4 is 29.3 Å². The second kappa shape index (κ2) is 11.2. The number of hydrogen-bond donors (Lipinski definition) is 4. The van der Waals surface area contributed by atoms with E-state index in [1.807, 2.05) is 0 Å². The fraction of sp³-hybridized carbons (Fsp3) is 0.292. The van der Waals surface area contributed by atoms with Gasteiger partial charge in [0.25, 0.3) is 11.8 Å². The average Bonchev–Trinajstić information content (AvgIpc) is 3.40. The summed E-state index contributed by atoms with van der Waals surface area (Å²) in [4.78, 5) is 38.2. The summed E-state index contributed by atoms with van der Waals surface area (Å²) in [6.07, 6.45) is -1.12. The van der Waals surface area contributed by atoms with E-state index in [1.165, 1.54) is 24.4 Å². The number of aromatic nitrogens is 3. The van der Waals surface area contributed by atoms with E-state index in [-0.39, 0.29) is 41.8 Å². The number of amides is 2. The highest BCUT2D eigenvalue weighted by Gasteiger charge is 2.32. The second-order valence-corrected chi connectivity index (χ2v) is 8.16. The molecule has 1 aliphatic rings. The van der Waals surface area contributed by atoms with Crippen LogP contribution in [0.15, 0.2) is 48.8 Å². The maximum Gasteiger partial charge on any atom is 0.416 e. The van der Waals surface area contributed by atoms with E-state index in [0.717, 1.165) is 12.1 Å². The lowest BCUT2D eigenvalue weighted by Crippen LogP contribution is -2.35. The van der Waals surface area contributed by atoms with Crippen LogP contribution in [0.1, 0.15) is 38.4 Å². The summed E-state index contributed by atoms with van der Waals surface area (Å²) < 4.78 is 45.9. The van der Waals surface area contributed by atoms with Crippen LogP contribution in [0.5, 0.6) is 0 Å². The van der Waals surface area contributed by atoms with Crippen molar-refractivity contribution in [1.82, 2.24) is 20.3 Å². The van der Waals surface area contributed by atoms with Crippen LogP contribution >= 0.6 is 0 Å². The number of ether oxygens (including phenoxy) is 1. The third-order valence-corrected chi connectivity index (χ3v) is 5.47. The number of pyridine rings is 1. The number of alkyl halides is 3. The summed E-state index contributed by atoms with van der Waals surface area (Å²) in [5.41, 5.74) is -0.760. The number of benzene rings is 1. The van der Waals surface area contributed by atoms with Crippen molar-refractivity contribution in [3.8, 4) is 0 Å². The molecular weight excluding hydrogens is 491 g/mol. The van der Waals surface area contributed by atoms with Crippen LogP contribution in [-0.4, -0.2) is 53.1 Å². The maximum absolute atomic E-state index is 13.6. The lowest BCUT2D eigenvalue weighted by molar-refractivity contribution is -0.137. The van der Waals surface area contributed by atoms with Gasteiger partial charge in [-0.25, -0.2) is 15.0 Å². The first-order chi connectivity index (χ1) is 17.7. The van der Waals surface area contributed by atoms with Crippen LogP contribution in [-0.2, 0) is 17.5 Å². The van der Waals surface area contributed by atoms with E-state index in [1.54, 1.807) is 19.3 Å². The summed E-state index contributed by atoms with van der Waals surface area (Å²) in [5.74, 6) is -0.769. The fourth-order valence-electron chi connectivity index (χ4n) is 3.63. The molecule has 1 fully saturated rings. The average molecular weight is 515 g/mol. The zero-order valence-corrected chi connectivity index (χ0v) is 19.7. The Morgan fingerprint density at radius 1 is 1.11 bits per heavy atom. The van der Waals surface area contributed by atoms with Gasteiger partial charge in [-0.1, -0.05) is 0 Å². The first-order valence-corrected chi connectivity index (χ1v) is 11.3. The van der Waals surface area contributed by atoms with Gasteiger partial charge < -0.3 is 26.0 Å². The van der Waals surface area contributed by atoms with Crippen LogP contribution in [0.2, 0.25) is 0 Å². The van der Waals surface area contributed by atoms with Crippen molar-refractivity contribution < 1.29 is 27.5 Å². The molecule has 1 unspecified atom stereocenters. The monoisotopic (exact) mass is 515 g/mol. The van der Waals surface area contributed by atoms with Crippen molar-refractivity contribution in [3.05, 3.63) is 71.2 Å². The van der Waals surface area contributed by atoms with Crippen LogP contribution in [0.25, 0.3) is 0 Å². The number of rotatable bonds is 8. The van der Waals surface area contributed by atoms with E-state index in [0.29, 0.717) is 24.7 Å². The molecule has 2 amide bonds. The quantitative estimate of drug-likeness (QED) is 0.360. The van der Waals surface area contributed by atoms with E-state index in [9.17, 15) is 22.8 Å². The lowest BCUT2D eigenvalue weighted by atomic mass is 10.1.